The van der Waals surface area contributed by atoms with Gasteiger partial charge in [0.2, 0.25) is 5.91 Å². The van der Waals surface area contributed by atoms with Gasteiger partial charge in [0.15, 0.2) is 0 Å². The molecule has 0 aliphatic carbocycles. The van der Waals surface area contributed by atoms with Gasteiger partial charge in [-0.25, -0.2) is 0 Å². The lowest BCUT2D eigenvalue weighted by atomic mass is 9.96. The summed E-state index contributed by atoms with van der Waals surface area (Å²) in [5, 5.41) is 3.48. The first-order chi connectivity index (χ1) is 13.0. The smallest absolute Gasteiger partial charge is 0.255 e. The molecule has 0 radical (unpaired) electrons. The van der Waals surface area contributed by atoms with Gasteiger partial charge >= 0.3 is 0 Å². The van der Waals surface area contributed by atoms with Crippen LogP contribution in [0.5, 0.6) is 0 Å². The second-order valence-corrected chi connectivity index (χ2v) is 7.51. The van der Waals surface area contributed by atoms with E-state index in [9.17, 15) is 9.59 Å². The fourth-order valence-electron chi connectivity index (χ4n) is 3.52. The molecule has 1 N–H and O–H groups in total. The SMILES string of the molecule is Cc1cccc(CCNC(=O)C2CCCN(C(=O)c3ccccc3Cl)C2)c1. The van der Waals surface area contributed by atoms with Crippen LogP contribution in [0.15, 0.2) is 48.5 Å². The average molecular weight is 385 g/mol. The van der Waals surface area contributed by atoms with E-state index in [-0.39, 0.29) is 17.7 Å². The Kier molecular flexibility index (Phi) is 6.51. The number of aryl methyl sites for hydroxylation is 1. The van der Waals surface area contributed by atoms with Crippen LogP contribution >= 0.6 is 11.6 Å². The maximum Gasteiger partial charge on any atom is 0.255 e. The second-order valence-electron chi connectivity index (χ2n) is 7.10. The van der Waals surface area contributed by atoms with Gasteiger partial charge < -0.3 is 10.2 Å². The third-order valence-corrected chi connectivity index (χ3v) is 5.31. The lowest BCUT2D eigenvalue weighted by Crippen LogP contribution is -2.45. The molecule has 4 nitrogen and oxygen atoms in total. The molecule has 1 fully saturated rings. The van der Waals surface area contributed by atoms with E-state index in [0.29, 0.717) is 30.2 Å². The zero-order valence-corrected chi connectivity index (χ0v) is 16.3. The van der Waals surface area contributed by atoms with E-state index in [4.69, 9.17) is 11.6 Å². The standard InChI is InChI=1S/C22H25ClN2O2/c1-16-6-4-7-17(14-16)11-12-24-21(26)18-8-5-13-25(15-18)22(27)19-9-2-3-10-20(19)23/h2-4,6-7,9-10,14,18H,5,8,11-13,15H2,1H3,(H,24,26). The largest absolute Gasteiger partial charge is 0.355 e. The highest BCUT2D eigenvalue weighted by atomic mass is 35.5. The fraction of sp³-hybridized carbons (Fsp3) is 0.364. The Morgan fingerprint density at radius 1 is 1.19 bits per heavy atom. The van der Waals surface area contributed by atoms with Gasteiger partial charge in [0.05, 0.1) is 16.5 Å². The van der Waals surface area contributed by atoms with Crippen molar-refractivity contribution in [3.63, 3.8) is 0 Å². The minimum absolute atomic E-state index is 0.0271. The zero-order valence-electron chi connectivity index (χ0n) is 15.6. The predicted molar refractivity (Wildman–Crippen MR) is 108 cm³/mol. The lowest BCUT2D eigenvalue weighted by molar-refractivity contribution is -0.126. The Bertz CT molecular complexity index is 821. The summed E-state index contributed by atoms with van der Waals surface area (Å²) in [6, 6.07) is 15.4. The van der Waals surface area contributed by atoms with Crippen LogP contribution in [0.4, 0.5) is 0 Å². The molecule has 0 spiro atoms. The van der Waals surface area contributed by atoms with Crippen molar-refractivity contribution in [3.05, 3.63) is 70.2 Å². The number of likely N-dealkylation sites (tertiary alicyclic amines) is 1. The summed E-state index contributed by atoms with van der Waals surface area (Å²) in [5.74, 6) is -0.236. The highest BCUT2D eigenvalue weighted by Gasteiger charge is 2.29. The normalized spacial score (nSPS) is 16.8. The van der Waals surface area contributed by atoms with Gasteiger partial charge in [-0.1, -0.05) is 53.6 Å². The van der Waals surface area contributed by atoms with Crippen molar-refractivity contribution in [2.45, 2.75) is 26.2 Å². The minimum Gasteiger partial charge on any atom is -0.355 e. The van der Waals surface area contributed by atoms with Gasteiger partial charge in [-0.15, -0.1) is 0 Å². The van der Waals surface area contributed by atoms with E-state index in [0.717, 1.165) is 19.3 Å². The maximum absolute atomic E-state index is 12.7. The van der Waals surface area contributed by atoms with E-state index in [1.807, 2.05) is 6.07 Å². The number of halogens is 1. The summed E-state index contributed by atoms with van der Waals surface area (Å²) >= 11 is 6.15. The van der Waals surface area contributed by atoms with Gasteiger partial charge in [-0.05, 0) is 43.9 Å². The predicted octanol–water partition coefficient (Wildman–Crippen LogP) is 3.86. The Morgan fingerprint density at radius 2 is 2.00 bits per heavy atom. The summed E-state index contributed by atoms with van der Waals surface area (Å²) in [6.45, 7) is 3.78. The number of carbonyl (C=O) groups excluding carboxylic acids is 2. The van der Waals surface area contributed by atoms with Crippen LogP contribution in [0.3, 0.4) is 0 Å². The quantitative estimate of drug-likeness (QED) is 0.850. The number of hydrogen-bond acceptors (Lipinski definition) is 2. The average Bonchev–Trinajstić information content (AvgIpc) is 2.68. The fourth-order valence-corrected chi connectivity index (χ4v) is 3.74. The van der Waals surface area contributed by atoms with Crippen molar-refractivity contribution in [1.82, 2.24) is 10.2 Å². The molecule has 2 aromatic rings. The van der Waals surface area contributed by atoms with Gasteiger partial charge in [-0.2, -0.15) is 0 Å². The van der Waals surface area contributed by atoms with E-state index in [1.54, 1.807) is 29.2 Å². The lowest BCUT2D eigenvalue weighted by Gasteiger charge is -2.32. The highest BCUT2D eigenvalue weighted by molar-refractivity contribution is 6.33. The topological polar surface area (TPSA) is 49.4 Å². The molecule has 1 aliphatic heterocycles. The first-order valence-corrected chi connectivity index (χ1v) is 9.79. The summed E-state index contributed by atoms with van der Waals surface area (Å²) in [5.41, 5.74) is 2.94. The van der Waals surface area contributed by atoms with Crippen molar-refractivity contribution in [2.75, 3.05) is 19.6 Å². The van der Waals surface area contributed by atoms with E-state index in [1.165, 1.54) is 11.1 Å². The molecule has 5 heteroatoms. The number of nitrogens with zero attached hydrogens (tertiary/aromatic N) is 1. The van der Waals surface area contributed by atoms with Crippen LogP contribution in [0.2, 0.25) is 5.02 Å². The molecule has 1 heterocycles. The van der Waals surface area contributed by atoms with Crippen LogP contribution < -0.4 is 5.32 Å². The van der Waals surface area contributed by atoms with Crippen LogP contribution in [0, 0.1) is 12.8 Å². The number of piperidine rings is 1. The molecule has 1 atom stereocenters. The molecule has 2 amide bonds. The summed E-state index contributed by atoms with van der Waals surface area (Å²) in [4.78, 5) is 27.0. The summed E-state index contributed by atoms with van der Waals surface area (Å²) in [6.07, 6.45) is 2.44. The summed E-state index contributed by atoms with van der Waals surface area (Å²) < 4.78 is 0. The number of benzene rings is 2. The number of amides is 2. The molecule has 1 aliphatic rings. The molecule has 1 unspecified atom stereocenters. The molecule has 27 heavy (non-hydrogen) atoms. The number of nitrogens with one attached hydrogen (secondary N) is 1. The Morgan fingerprint density at radius 3 is 2.78 bits per heavy atom. The maximum atomic E-state index is 12.7. The van der Waals surface area contributed by atoms with E-state index < -0.39 is 0 Å². The Hall–Kier alpha value is -2.33. The summed E-state index contributed by atoms with van der Waals surface area (Å²) in [7, 11) is 0. The Labute approximate surface area is 165 Å². The van der Waals surface area contributed by atoms with Gasteiger partial charge in [0.1, 0.15) is 0 Å². The molecule has 2 aromatic carbocycles. The first kappa shape index (κ1) is 19.4. The minimum atomic E-state index is -0.164. The first-order valence-electron chi connectivity index (χ1n) is 9.41. The van der Waals surface area contributed by atoms with Crippen LogP contribution in [0.25, 0.3) is 0 Å². The van der Waals surface area contributed by atoms with Crippen LogP contribution in [0.1, 0.15) is 34.3 Å². The molecule has 0 aromatic heterocycles. The molecule has 1 saturated heterocycles. The van der Waals surface area contributed by atoms with Crippen LogP contribution in [-0.2, 0) is 11.2 Å². The van der Waals surface area contributed by atoms with Crippen molar-refractivity contribution in [3.8, 4) is 0 Å². The molecule has 3 rings (SSSR count). The molecular weight excluding hydrogens is 360 g/mol. The zero-order chi connectivity index (χ0) is 19.2. The monoisotopic (exact) mass is 384 g/mol. The molecule has 142 valence electrons. The molecule has 0 saturated carbocycles. The number of hydrogen-bond donors (Lipinski definition) is 1. The third-order valence-electron chi connectivity index (χ3n) is 4.98. The van der Waals surface area contributed by atoms with Gasteiger partial charge in [0, 0.05) is 19.6 Å². The van der Waals surface area contributed by atoms with Crippen molar-refractivity contribution in [1.29, 1.82) is 0 Å². The van der Waals surface area contributed by atoms with Gasteiger partial charge in [-0.3, -0.25) is 9.59 Å². The van der Waals surface area contributed by atoms with Crippen molar-refractivity contribution in [2.24, 2.45) is 5.92 Å². The number of carbonyl (C=O) groups is 2. The van der Waals surface area contributed by atoms with Crippen LogP contribution in [-0.4, -0.2) is 36.3 Å². The van der Waals surface area contributed by atoms with E-state index >= 15 is 0 Å². The second kappa shape index (κ2) is 9.05. The number of rotatable bonds is 5. The van der Waals surface area contributed by atoms with Crippen molar-refractivity contribution < 1.29 is 9.59 Å². The van der Waals surface area contributed by atoms with Gasteiger partial charge in [0.25, 0.3) is 5.91 Å². The van der Waals surface area contributed by atoms with Crippen molar-refractivity contribution >= 4 is 23.4 Å². The van der Waals surface area contributed by atoms with E-state index in [2.05, 4.69) is 30.4 Å². The molecular formula is C22H25ClN2O2. The highest BCUT2D eigenvalue weighted by Crippen LogP contribution is 2.22. The molecule has 0 bridgehead atoms. The Balaban J connectivity index is 1.53. The third kappa shape index (κ3) is 5.10.